The lowest BCUT2D eigenvalue weighted by atomic mass is 9.82. The third-order valence-electron chi connectivity index (χ3n) is 3.97. The molecule has 0 bridgehead atoms. The van der Waals surface area contributed by atoms with Gasteiger partial charge >= 0.3 is 0 Å². The van der Waals surface area contributed by atoms with E-state index in [9.17, 15) is 4.79 Å². The molecular formula is C14H18N2O3. The molecule has 3 heterocycles. The molecule has 2 fully saturated rings. The molecule has 0 saturated carbocycles. The van der Waals surface area contributed by atoms with Crippen molar-refractivity contribution in [1.82, 2.24) is 4.98 Å². The minimum atomic E-state index is -0.244. The second-order valence-electron chi connectivity index (χ2n) is 5.36. The highest BCUT2D eigenvalue weighted by Gasteiger charge is 2.43. The van der Waals surface area contributed by atoms with Gasteiger partial charge in [0.2, 0.25) is 0 Å². The smallest absolute Gasteiger partial charge is 0.184 e. The zero-order valence-corrected chi connectivity index (χ0v) is 10.8. The van der Waals surface area contributed by atoms with Gasteiger partial charge in [-0.15, -0.1) is 0 Å². The molecule has 2 atom stereocenters. The number of rotatable bonds is 2. The predicted octanol–water partition coefficient (Wildman–Crippen LogP) is 1.43. The van der Waals surface area contributed by atoms with Crippen molar-refractivity contribution < 1.29 is 14.3 Å². The van der Waals surface area contributed by atoms with Crippen LogP contribution >= 0.6 is 0 Å². The lowest BCUT2D eigenvalue weighted by molar-refractivity contribution is -0.0921. The first-order valence-electron chi connectivity index (χ1n) is 6.66. The van der Waals surface area contributed by atoms with Gasteiger partial charge in [0, 0.05) is 25.6 Å². The summed E-state index contributed by atoms with van der Waals surface area (Å²) >= 11 is 0. The summed E-state index contributed by atoms with van der Waals surface area (Å²) in [7, 11) is 0. The van der Waals surface area contributed by atoms with Gasteiger partial charge in [0.05, 0.1) is 24.1 Å². The second-order valence-corrected chi connectivity index (χ2v) is 5.36. The van der Waals surface area contributed by atoms with Crippen LogP contribution in [0.5, 0.6) is 0 Å². The van der Waals surface area contributed by atoms with E-state index in [0.29, 0.717) is 24.6 Å². The summed E-state index contributed by atoms with van der Waals surface area (Å²) in [6, 6.07) is 3.42. The number of carbonyl (C=O) groups is 1. The molecule has 2 aliphatic heterocycles. The fourth-order valence-corrected chi connectivity index (χ4v) is 2.88. The Balaban J connectivity index is 1.74. The molecule has 0 aliphatic carbocycles. The first-order chi connectivity index (χ1) is 9.19. The maximum Gasteiger partial charge on any atom is 0.184 e. The molecule has 1 aromatic heterocycles. The van der Waals surface area contributed by atoms with Crippen molar-refractivity contribution in [3.05, 3.63) is 24.0 Å². The van der Waals surface area contributed by atoms with Crippen molar-refractivity contribution in [2.45, 2.75) is 24.9 Å². The third-order valence-corrected chi connectivity index (χ3v) is 3.97. The minimum Gasteiger partial charge on any atom is -0.397 e. The van der Waals surface area contributed by atoms with Gasteiger partial charge in [-0.1, -0.05) is 0 Å². The summed E-state index contributed by atoms with van der Waals surface area (Å²) in [5.41, 5.74) is 6.41. The molecule has 0 radical (unpaired) electrons. The number of nitrogens with zero attached hydrogens (tertiary/aromatic N) is 1. The average molecular weight is 262 g/mol. The summed E-state index contributed by atoms with van der Waals surface area (Å²) < 4.78 is 11.3. The molecule has 2 unspecified atom stereocenters. The van der Waals surface area contributed by atoms with E-state index in [1.54, 1.807) is 12.1 Å². The lowest BCUT2D eigenvalue weighted by Gasteiger charge is -2.36. The highest BCUT2D eigenvalue weighted by atomic mass is 16.6. The van der Waals surface area contributed by atoms with Crippen LogP contribution in [0.3, 0.4) is 0 Å². The molecule has 0 aromatic carbocycles. The minimum absolute atomic E-state index is 0.0217. The average Bonchev–Trinajstić information content (AvgIpc) is 2.87. The van der Waals surface area contributed by atoms with E-state index >= 15 is 0 Å². The van der Waals surface area contributed by atoms with Crippen LogP contribution in [0.15, 0.2) is 18.3 Å². The number of aromatic nitrogens is 1. The van der Waals surface area contributed by atoms with Gasteiger partial charge in [-0.2, -0.15) is 0 Å². The van der Waals surface area contributed by atoms with Gasteiger partial charge in [-0.3, -0.25) is 9.78 Å². The van der Waals surface area contributed by atoms with E-state index in [0.717, 1.165) is 25.9 Å². The van der Waals surface area contributed by atoms with Crippen molar-refractivity contribution >= 4 is 11.5 Å². The molecule has 1 spiro atoms. The molecule has 5 heteroatoms. The quantitative estimate of drug-likeness (QED) is 0.816. The SMILES string of the molecule is Nc1ccc(C(=O)C2CCOC3(CCOC3)C2)nc1. The van der Waals surface area contributed by atoms with Crippen LogP contribution in [0.1, 0.15) is 29.8 Å². The standard InChI is InChI=1S/C14H18N2O3/c15-11-1-2-12(16-8-11)13(17)10-3-5-19-14(7-10)4-6-18-9-14/h1-2,8,10H,3-7,9,15H2. The zero-order chi connectivity index (χ0) is 13.3. The number of nitrogen functional groups attached to an aromatic ring is 1. The summed E-state index contributed by atoms with van der Waals surface area (Å²) in [4.78, 5) is 16.6. The van der Waals surface area contributed by atoms with Crippen LogP contribution in [0, 0.1) is 5.92 Å². The number of ether oxygens (including phenoxy) is 2. The Kier molecular flexibility index (Phi) is 3.24. The Bertz CT molecular complexity index is 466. The third kappa shape index (κ3) is 2.48. The number of pyridine rings is 1. The number of hydrogen-bond acceptors (Lipinski definition) is 5. The summed E-state index contributed by atoms with van der Waals surface area (Å²) in [5.74, 6) is 0.0705. The van der Waals surface area contributed by atoms with Gasteiger partial charge in [0.1, 0.15) is 5.69 Å². The second kappa shape index (κ2) is 4.90. The van der Waals surface area contributed by atoms with E-state index in [-0.39, 0.29) is 17.3 Å². The Morgan fingerprint density at radius 2 is 2.32 bits per heavy atom. The fourth-order valence-electron chi connectivity index (χ4n) is 2.88. The van der Waals surface area contributed by atoms with Crippen LogP contribution in [0.25, 0.3) is 0 Å². The van der Waals surface area contributed by atoms with Crippen LogP contribution in [0.2, 0.25) is 0 Å². The van der Waals surface area contributed by atoms with Crippen LogP contribution in [0.4, 0.5) is 5.69 Å². The van der Waals surface area contributed by atoms with Gasteiger partial charge in [-0.25, -0.2) is 0 Å². The van der Waals surface area contributed by atoms with Crippen LogP contribution in [-0.2, 0) is 9.47 Å². The first-order valence-corrected chi connectivity index (χ1v) is 6.66. The first kappa shape index (κ1) is 12.6. The van der Waals surface area contributed by atoms with Crippen molar-refractivity contribution in [1.29, 1.82) is 0 Å². The number of carbonyl (C=O) groups excluding carboxylic acids is 1. The monoisotopic (exact) mass is 262 g/mol. The van der Waals surface area contributed by atoms with Crippen molar-refractivity contribution in [2.24, 2.45) is 5.92 Å². The van der Waals surface area contributed by atoms with E-state index in [4.69, 9.17) is 15.2 Å². The number of ketones is 1. The molecule has 2 aliphatic rings. The van der Waals surface area contributed by atoms with E-state index in [1.165, 1.54) is 6.20 Å². The van der Waals surface area contributed by atoms with Crippen molar-refractivity contribution in [3.63, 3.8) is 0 Å². The summed E-state index contributed by atoms with van der Waals surface area (Å²) in [6.07, 6.45) is 3.90. The normalized spacial score (nSPS) is 30.6. The largest absolute Gasteiger partial charge is 0.397 e. The number of nitrogens with two attached hydrogens (primary N) is 1. The van der Waals surface area contributed by atoms with Gasteiger partial charge in [-0.05, 0) is 25.0 Å². The summed E-state index contributed by atoms with van der Waals surface area (Å²) in [5, 5.41) is 0. The molecule has 1 aromatic rings. The van der Waals surface area contributed by atoms with E-state index in [2.05, 4.69) is 4.98 Å². The molecule has 5 nitrogen and oxygen atoms in total. The zero-order valence-electron chi connectivity index (χ0n) is 10.8. The Labute approximate surface area is 112 Å². The Hall–Kier alpha value is -1.46. The molecule has 0 amide bonds. The predicted molar refractivity (Wildman–Crippen MR) is 69.8 cm³/mol. The topological polar surface area (TPSA) is 74.4 Å². The van der Waals surface area contributed by atoms with E-state index in [1.807, 2.05) is 0 Å². The number of hydrogen-bond donors (Lipinski definition) is 1. The highest BCUT2D eigenvalue weighted by Crippen LogP contribution is 2.36. The maximum atomic E-state index is 12.5. The van der Waals surface area contributed by atoms with Crippen molar-refractivity contribution in [3.8, 4) is 0 Å². The van der Waals surface area contributed by atoms with Gasteiger partial charge < -0.3 is 15.2 Å². The number of Topliss-reactive ketones (excluding diaryl/α,β-unsaturated/α-hetero) is 1. The summed E-state index contributed by atoms with van der Waals surface area (Å²) in [6.45, 7) is 1.95. The van der Waals surface area contributed by atoms with Crippen molar-refractivity contribution in [2.75, 3.05) is 25.6 Å². The van der Waals surface area contributed by atoms with Gasteiger partial charge in [0.15, 0.2) is 5.78 Å². The Morgan fingerprint density at radius 3 is 3.00 bits per heavy atom. The molecule has 3 rings (SSSR count). The van der Waals surface area contributed by atoms with Crippen LogP contribution in [-0.4, -0.2) is 36.2 Å². The maximum absolute atomic E-state index is 12.5. The fraction of sp³-hybridized carbons (Fsp3) is 0.571. The molecule has 102 valence electrons. The number of anilines is 1. The molecule has 19 heavy (non-hydrogen) atoms. The lowest BCUT2D eigenvalue weighted by Crippen LogP contribution is -2.42. The van der Waals surface area contributed by atoms with Crippen LogP contribution < -0.4 is 5.73 Å². The van der Waals surface area contributed by atoms with E-state index < -0.39 is 0 Å². The molecular weight excluding hydrogens is 244 g/mol. The highest BCUT2D eigenvalue weighted by molar-refractivity contribution is 5.96. The van der Waals surface area contributed by atoms with Gasteiger partial charge in [0.25, 0.3) is 0 Å². The molecule has 2 N–H and O–H groups in total. The molecule has 2 saturated heterocycles. The Morgan fingerprint density at radius 1 is 1.42 bits per heavy atom.